The number of esters is 3. The standard InChI is InChI=1S/C63H104O6/c1-4-7-10-13-15-17-19-21-23-25-27-28-29-30-31-32-33-34-36-37-39-41-43-45-47-50-53-56-62(65)68-59-60(58-67-61(64)55-52-49-12-9-6-3)69-63(66)57-54-51-48-46-44-42-40-38-35-26-24-22-20-18-16-14-11-8-5-2/h7,10,15-18,21-24,27-28,30-31,33-34,37,39,60H,4-6,8-9,11-14,19-20,25-26,29,32,35-36,38,40-59H2,1-3H3/b10-7-,17-15-,18-16-,23-21-,24-22-,28-27-,31-30-,34-33-,39-37-. The van der Waals surface area contributed by atoms with Crippen LogP contribution in [0.5, 0.6) is 0 Å². The minimum Gasteiger partial charge on any atom is -0.462 e. The second-order valence-corrected chi connectivity index (χ2v) is 18.5. The predicted molar refractivity (Wildman–Crippen MR) is 297 cm³/mol. The summed E-state index contributed by atoms with van der Waals surface area (Å²) >= 11 is 0. The average molecular weight is 958 g/mol. The molecule has 0 aliphatic rings. The van der Waals surface area contributed by atoms with Gasteiger partial charge in [0.05, 0.1) is 0 Å². The third-order valence-electron chi connectivity index (χ3n) is 11.8. The van der Waals surface area contributed by atoms with Crippen LogP contribution in [0.4, 0.5) is 0 Å². The van der Waals surface area contributed by atoms with Crippen molar-refractivity contribution in [3.8, 4) is 0 Å². The third kappa shape index (κ3) is 54.9. The number of rotatable bonds is 50. The molecule has 0 bridgehead atoms. The molecule has 6 heteroatoms. The first-order valence-electron chi connectivity index (χ1n) is 28.4. The number of allylic oxidation sites excluding steroid dienone is 18. The lowest BCUT2D eigenvalue weighted by Crippen LogP contribution is -2.30. The fourth-order valence-electron chi connectivity index (χ4n) is 7.51. The van der Waals surface area contributed by atoms with E-state index in [1.807, 2.05) is 0 Å². The van der Waals surface area contributed by atoms with Gasteiger partial charge in [0.15, 0.2) is 6.10 Å². The van der Waals surface area contributed by atoms with Crippen molar-refractivity contribution in [1.82, 2.24) is 0 Å². The number of ether oxygens (including phenoxy) is 3. The quantitative estimate of drug-likeness (QED) is 0.0262. The average Bonchev–Trinajstić information content (AvgIpc) is 3.35. The summed E-state index contributed by atoms with van der Waals surface area (Å²) < 4.78 is 16.7. The van der Waals surface area contributed by atoms with Crippen LogP contribution in [0.3, 0.4) is 0 Å². The molecule has 0 heterocycles. The smallest absolute Gasteiger partial charge is 0.306 e. The number of hydrogen-bond acceptors (Lipinski definition) is 6. The topological polar surface area (TPSA) is 78.9 Å². The van der Waals surface area contributed by atoms with Crippen LogP contribution in [0.1, 0.15) is 252 Å². The zero-order chi connectivity index (χ0) is 50.0. The van der Waals surface area contributed by atoms with Gasteiger partial charge in [-0.1, -0.05) is 233 Å². The summed E-state index contributed by atoms with van der Waals surface area (Å²) in [5.74, 6) is -0.927. The highest BCUT2D eigenvalue weighted by atomic mass is 16.6. The molecule has 6 nitrogen and oxygen atoms in total. The molecule has 0 rings (SSSR count). The van der Waals surface area contributed by atoms with Crippen molar-refractivity contribution in [2.45, 2.75) is 258 Å². The Labute approximate surface area is 425 Å². The van der Waals surface area contributed by atoms with E-state index in [-0.39, 0.29) is 31.1 Å². The Kier molecular flexibility index (Phi) is 53.4. The Morgan fingerprint density at radius 1 is 0.304 bits per heavy atom. The lowest BCUT2D eigenvalue weighted by atomic mass is 10.1. The molecular formula is C63H104O6. The van der Waals surface area contributed by atoms with Gasteiger partial charge >= 0.3 is 17.9 Å². The van der Waals surface area contributed by atoms with E-state index in [4.69, 9.17) is 14.2 Å². The highest BCUT2D eigenvalue weighted by Gasteiger charge is 2.19. The molecule has 0 aromatic rings. The molecule has 0 N–H and O–H groups in total. The molecule has 1 atom stereocenters. The van der Waals surface area contributed by atoms with Crippen LogP contribution in [0.25, 0.3) is 0 Å². The minimum atomic E-state index is -0.787. The van der Waals surface area contributed by atoms with Gasteiger partial charge < -0.3 is 14.2 Å². The van der Waals surface area contributed by atoms with Crippen LogP contribution < -0.4 is 0 Å². The lowest BCUT2D eigenvalue weighted by Gasteiger charge is -2.18. The zero-order valence-electron chi connectivity index (χ0n) is 44.8. The molecule has 0 aromatic heterocycles. The largest absolute Gasteiger partial charge is 0.462 e. The van der Waals surface area contributed by atoms with E-state index in [1.165, 1.54) is 77.0 Å². The van der Waals surface area contributed by atoms with Crippen molar-refractivity contribution in [2.75, 3.05) is 13.2 Å². The van der Waals surface area contributed by atoms with E-state index in [2.05, 4.69) is 130 Å². The summed E-state index contributed by atoms with van der Waals surface area (Å²) in [5.41, 5.74) is 0. The van der Waals surface area contributed by atoms with Crippen LogP contribution in [0.15, 0.2) is 109 Å². The van der Waals surface area contributed by atoms with Crippen molar-refractivity contribution >= 4 is 17.9 Å². The summed E-state index contributed by atoms with van der Waals surface area (Å²) in [6.07, 6.45) is 76.9. The van der Waals surface area contributed by atoms with E-state index in [1.54, 1.807) is 0 Å². The maximum Gasteiger partial charge on any atom is 0.306 e. The zero-order valence-corrected chi connectivity index (χ0v) is 44.8. The maximum absolute atomic E-state index is 12.8. The number of carbonyl (C=O) groups excluding carboxylic acids is 3. The first-order chi connectivity index (χ1) is 34.0. The molecule has 0 aromatic carbocycles. The summed E-state index contributed by atoms with van der Waals surface area (Å²) in [7, 11) is 0. The van der Waals surface area contributed by atoms with Crippen molar-refractivity contribution in [3.05, 3.63) is 109 Å². The molecule has 392 valence electrons. The lowest BCUT2D eigenvalue weighted by molar-refractivity contribution is -0.167. The highest BCUT2D eigenvalue weighted by Crippen LogP contribution is 2.14. The Hall–Kier alpha value is -3.93. The van der Waals surface area contributed by atoms with Gasteiger partial charge in [-0.25, -0.2) is 0 Å². The van der Waals surface area contributed by atoms with E-state index in [9.17, 15) is 14.4 Å². The van der Waals surface area contributed by atoms with Gasteiger partial charge in [0.1, 0.15) is 13.2 Å². The molecule has 0 radical (unpaired) electrons. The van der Waals surface area contributed by atoms with Crippen LogP contribution in [0, 0.1) is 0 Å². The van der Waals surface area contributed by atoms with Gasteiger partial charge in [0.25, 0.3) is 0 Å². The van der Waals surface area contributed by atoms with E-state index in [0.717, 1.165) is 135 Å². The minimum absolute atomic E-state index is 0.0878. The molecule has 0 saturated carbocycles. The van der Waals surface area contributed by atoms with Crippen molar-refractivity contribution in [3.63, 3.8) is 0 Å². The molecular weight excluding hydrogens is 853 g/mol. The van der Waals surface area contributed by atoms with Gasteiger partial charge in [-0.15, -0.1) is 0 Å². The normalized spacial score (nSPS) is 12.9. The second kappa shape index (κ2) is 56.7. The van der Waals surface area contributed by atoms with Crippen LogP contribution >= 0.6 is 0 Å². The number of hydrogen-bond donors (Lipinski definition) is 0. The first kappa shape index (κ1) is 65.1. The first-order valence-corrected chi connectivity index (χ1v) is 28.4. The highest BCUT2D eigenvalue weighted by molar-refractivity contribution is 5.71. The fourth-order valence-corrected chi connectivity index (χ4v) is 7.51. The maximum atomic E-state index is 12.8. The fraction of sp³-hybridized carbons (Fsp3) is 0.667. The SMILES string of the molecule is CC/C=C\C/C=C\C/C=C\C/C=C\C/C=C\C/C=C\C/C=C\CCCCCCCC(=O)OCC(COC(=O)CCCCCCC)OC(=O)CCCCCCCCCCC/C=C\C/C=C\CCCCC. The Balaban J connectivity index is 4.18. The molecule has 0 spiro atoms. The van der Waals surface area contributed by atoms with Gasteiger partial charge in [-0.3, -0.25) is 14.4 Å². The second-order valence-electron chi connectivity index (χ2n) is 18.5. The van der Waals surface area contributed by atoms with Gasteiger partial charge in [0, 0.05) is 19.3 Å². The van der Waals surface area contributed by atoms with Crippen LogP contribution in [-0.2, 0) is 28.6 Å². The predicted octanol–water partition coefficient (Wildman–Crippen LogP) is 19.1. The van der Waals surface area contributed by atoms with E-state index in [0.29, 0.717) is 19.3 Å². The van der Waals surface area contributed by atoms with Crippen molar-refractivity contribution < 1.29 is 28.6 Å². The monoisotopic (exact) mass is 957 g/mol. The van der Waals surface area contributed by atoms with Crippen LogP contribution in [-0.4, -0.2) is 37.2 Å². The number of unbranched alkanes of at least 4 members (excludes halogenated alkanes) is 21. The van der Waals surface area contributed by atoms with Crippen molar-refractivity contribution in [2.24, 2.45) is 0 Å². The van der Waals surface area contributed by atoms with Crippen molar-refractivity contribution in [1.29, 1.82) is 0 Å². The van der Waals surface area contributed by atoms with Crippen LogP contribution in [0.2, 0.25) is 0 Å². The summed E-state index contributed by atoms with van der Waals surface area (Å²) in [4.78, 5) is 37.8. The Bertz CT molecular complexity index is 1420. The van der Waals surface area contributed by atoms with E-state index < -0.39 is 6.10 Å². The molecule has 0 amide bonds. The molecule has 0 aliphatic heterocycles. The number of carbonyl (C=O) groups is 3. The van der Waals surface area contributed by atoms with Gasteiger partial charge in [0.2, 0.25) is 0 Å². The Morgan fingerprint density at radius 2 is 0.565 bits per heavy atom. The summed E-state index contributed by atoms with van der Waals surface area (Å²) in [5, 5.41) is 0. The Morgan fingerprint density at radius 3 is 0.913 bits per heavy atom. The summed E-state index contributed by atoms with van der Waals surface area (Å²) in [6, 6.07) is 0. The third-order valence-corrected chi connectivity index (χ3v) is 11.8. The van der Waals surface area contributed by atoms with Gasteiger partial charge in [-0.2, -0.15) is 0 Å². The molecule has 0 aliphatic carbocycles. The molecule has 69 heavy (non-hydrogen) atoms. The van der Waals surface area contributed by atoms with Gasteiger partial charge in [-0.05, 0) is 109 Å². The molecule has 1 unspecified atom stereocenters. The van der Waals surface area contributed by atoms with E-state index >= 15 is 0 Å². The molecule has 0 fully saturated rings. The summed E-state index contributed by atoms with van der Waals surface area (Å²) in [6.45, 7) is 6.39. The molecule has 0 saturated heterocycles.